The van der Waals surface area contributed by atoms with Crippen LogP contribution in [0, 0.1) is 5.92 Å². The van der Waals surface area contributed by atoms with Gasteiger partial charge in [0.25, 0.3) is 0 Å². The summed E-state index contributed by atoms with van der Waals surface area (Å²) in [5.41, 5.74) is 6.44. The molecule has 0 unspecified atom stereocenters. The van der Waals surface area contributed by atoms with Crippen molar-refractivity contribution in [3.05, 3.63) is 71.8 Å². The predicted octanol–water partition coefficient (Wildman–Crippen LogP) is 3.98. The van der Waals surface area contributed by atoms with Crippen molar-refractivity contribution in [2.45, 2.75) is 12.8 Å². The van der Waals surface area contributed by atoms with Gasteiger partial charge < -0.3 is 19.7 Å². The molecule has 0 radical (unpaired) electrons. The number of anilines is 2. The summed E-state index contributed by atoms with van der Waals surface area (Å²) < 4.78 is 10.7. The lowest BCUT2D eigenvalue weighted by molar-refractivity contribution is -0.122. The van der Waals surface area contributed by atoms with E-state index in [0.29, 0.717) is 18.0 Å². The number of benzene rings is 3. The summed E-state index contributed by atoms with van der Waals surface area (Å²) >= 11 is 0. The van der Waals surface area contributed by atoms with Gasteiger partial charge in [0.1, 0.15) is 0 Å². The van der Waals surface area contributed by atoms with Crippen LogP contribution in [0.4, 0.5) is 11.4 Å². The van der Waals surface area contributed by atoms with Gasteiger partial charge in [-0.2, -0.15) is 0 Å². The summed E-state index contributed by atoms with van der Waals surface area (Å²) in [5.74, 6) is 0.683. The minimum atomic E-state index is -0.404. The van der Waals surface area contributed by atoms with Gasteiger partial charge in [-0.1, -0.05) is 30.3 Å². The van der Waals surface area contributed by atoms with Gasteiger partial charge >= 0.3 is 0 Å². The zero-order valence-corrected chi connectivity index (χ0v) is 16.8. The molecule has 0 aromatic heterocycles. The van der Waals surface area contributed by atoms with Crippen molar-refractivity contribution in [1.82, 2.24) is 0 Å². The Morgan fingerprint density at radius 2 is 1.77 bits per heavy atom. The van der Waals surface area contributed by atoms with E-state index < -0.39 is 5.92 Å². The summed E-state index contributed by atoms with van der Waals surface area (Å²) in [4.78, 5) is 27.2. The van der Waals surface area contributed by atoms with Gasteiger partial charge in [-0.3, -0.25) is 9.59 Å². The lowest BCUT2D eigenvalue weighted by atomic mass is 10.0. The Morgan fingerprint density at radius 1 is 0.935 bits per heavy atom. The van der Waals surface area contributed by atoms with E-state index >= 15 is 0 Å². The fraction of sp³-hybridized carbons (Fsp3) is 0.200. The van der Waals surface area contributed by atoms with Crippen LogP contribution in [0.3, 0.4) is 0 Å². The molecular formula is C25H20N2O4. The van der Waals surface area contributed by atoms with Crippen molar-refractivity contribution in [3.8, 4) is 22.6 Å². The Bertz CT molecular complexity index is 1240. The summed E-state index contributed by atoms with van der Waals surface area (Å²) in [6.07, 6.45) is 1.11. The first-order valence-electron chi connectivity index (χ1n) is 10.4. The highest BCUT2D eigenvalue weighted by Gasteiger charge is 2.36. The zero-order chi connectivity index (χ0) is 20.9. The zero-order valence-electron chi connectivity index (χ0n) is 16.8. The molecule has 2 heterocycles. The summed E-state index contributed by atoms with van der Waals surface area (Å²) in [6.45, 7) is 0.529. The molecule has 0 spiro atoms. The SMILES string of the molecule is O=C(Nc1ccc2c(c1)-c1ccccc1C2)[C@@H]1CC(=O)N(c2ccc3c(c2)OCO3)C1. The van der Waals surface area contributed by atoms with Crippen LogP contribution in [0.15, 0.2) is 60.7 Å². The molecule has 6 heteroatoms. The van der Waals surface area contributed by atoms with E-state index in [9.17, 15) is 9.59 Å². The molecule has 1 N–H and O–H groups in total. The first-order valence-corrected chi connectivity index (χ1v) is 10.4. The van der Waals surface area contributed by atoms with Crippen molar-refractivity contribution in [3.63, 3.8) is 0 Å². The van der Waals surface area contributed by atoms with Gasteiger partial charge in [0.15, 0.2) is 11.5 Å². The number of hydrogen-bond donors (Lipinski definition) is 1. The van der Waals surface area contributed by atoms with Crippen LogP contribution in [0.25, 0.3) is 11.1 Å². The molecule has 0 saturated carbocycles. The highest BCUT2D eigenvalue weighted by atomic mass is 16.7. The van der Waals surface area contributed by atoms with Crippen LogP contribution in [0.2, 0.25) is 0 Å². The van der Waals surface area contributed by atoms with Gasteiger partial charge in [0.05, 0.1) is 5.92 Å². The molecule has 1 atom stereocenters. The Balaban J connectivity index is 1.19. The van der Waals surface area contributed by atoms with E-state index in [0.717, 1.165) is 23.4 Å². The number of nitrogens with zero attached hydrogens (tertiary/aromatic N) is 1. The molecular weight excluding hydrogens is 392 g/mol. The number of ether oxygens (including phenoxy) is 2. The predicted molar refractivity (Wildman–Crippen MR) is 116 cm³/mol. The van der Waals surface area contributed by atoms with Crippen LogP contribution < -0.4 is 19.7 Å². The second-order valence-corrected chi connectivity index (χ2v) is 8.14. The average Bonchev–Trinajstić information content (AvgIpc) is 3.49. The Morgan fingerprint density at radius 3 is 2.71 bits per heavy atom. The van der Waals surface area contributed by atoms with Crippen molar-refractivity contribution in [2.75, 3.05) is 23.6 Å². The normalized spacial score (nSPS) is 18.1. The third kappa shape index (κ3) is 3.03. The van der Waals surface area contributed by atoms with Crippen LogP contribution in [0.1, 0.15) is 17.5 Å². The lowest BCUT2D eigenvalue weighted by Crippen LogP contribution is -2.28. The van der Waals surface area contributed by atoms with Gasteiger partial charge in [0.2, 0.25) is 18.6 Å². The Labute approximate surface area is 179 Å². The molecule has 1 aliphatic carbocycles. The number of carbonyl (C=O) groups excluding carboxylic acids is 2. The molecule has 6 rings (SSSR count). The summed E-state index contributed by atoms with van der Waals surface area (Å²) in [6, 6.07) is 19.8. The molecule has 3 aromatic rings. The van der Waals surface area contributed by atoms with Crippen molar-refractivity contribution < 1.29 is 19.1 Å². The monoisotopic (exact) mass is 412 g/mol. The number of nitrogens with one attached hydrogen (secondary N) is 1. The van der Waals surface area contributed by atoms with E-state index in [1.54, 1.807) is 17.0 Å². The summed E-state index contributed by atoms with van der Waals surface area (Å²) in [5, 5.41) is 3.02. The number of amides is 2. The standard InChI is InChI=1S/C25H20N2O4/c28-24-10-17(13-27(24)19-7-8-22-23(12-19)31-14-30-22)25(29)26-18-6-5-16-9-15-3-1-2-4-20(15)21(16)11-18/h1-8,11-12,17H,9-10,13-14H2,(H,26,29)/t17-/m1/s1. The molecule has 154 valence electrons. The maximum atomic E-state index is 12.9. The van der Waals surface area contributed by atoms with E-state index in [2.05, 4.69) is 29.6 Å². The van der Waals surface area contributed by atoms with Crippen molar-refractivity contribution in [1.29, 1.82) is 0 Å². The number of hydrogen-bond acceptors (Lipinski definition) is 4. The molecule has 3 aliphatic rings. The molecule has 0 bridgehead atoms. The molecule has 1 fully saturated rings. The molecule has 3 aromatic carbocycles. The fourth-order valence-corrected chi connectivity index (χ4v) is 4.63. The minimum absolute atomic E-state index is 0.0677. The number of fused-ring (bicyclic) bond motifs is 4. The Kier molecular flexibility index (Phi) is 3.99. The van der Waals surface area contributed by atoms with Crippen molar-refractivity contribution in [2.24, 2.45) is 5.92 Å². The van der Waals surface area contributed by atoms with Crippen LogP contribution >= 0.6 is 0 Å². The highest BCUT2D eigenvalue weighted by molar-refractivity contribution is 6.04. The number of carbonyl (C=O) groups is 2. The van der Waals surface area contributed by atoms with Crippen molar-refractivity contribution >= 4 is 23.2 Å². The quantitative estimate of drug-likeness (QED) is 0.553. The second kappa shape index (κ2) is 6.87. The smallest absolute Gasteiger partial charge is 0.231 e. The van der Waals surface area contributed by atoms with E-state index in [-0.39, 0.29) is 25.0 Å². The topological polar surface area (TPSA) is 67.9 Å². The maximum Gasteiger partial charge on any atom is 0.231 e. The number of rotatable bonds is 3. The van der Waals surface area contributed by atoms with E-state index in [1.807, 2.05) is 24.3 Å². The van der Waals surface area contributed by atoms with E-state index in [4.69, 9.17) is 9.47 Å². The van der Waals surface area contributed by atoms with Crippen LogP contribution in [-0.4, -0.2) is 25.2 Å². The second-order valence-electron chi connectivity index (χ2n) is 8.14. The molecule has 2 aliphatic heterocycles. The fourth-order valence-electron chi connectivity index (χ4n) is 4.63. The van der Waals surface area contributed by atoms with Gasteiger partial charge in [0, 0.05) is 30.4 Å². The maximum absolute atomic E-state index is 12.9. The van der Waals surface area contributed by atoms with Gasteiger partial charge in [-0.15, -0.1) is 0 Å². The van der Waals surface area contributed by atoms with Crippen LogP contribution in [0.5, 0.6) is 11.5 Å². The molecule has 1 saturated heterocycles. The largest absolute Gasteiger partial charge is 0.454 e. The average molecular weight is 412 g/mol. The minimum Gasteiger partial charge on any atom is -0.454 e. The Hall–Kier alpha value is -3.80. The van der Waals surface area contributed by atoms with Gasteiger partial charge in [-0.05, 0) is 52.9 Å². The van der Waals surface area contributed by atoms with E-state index in [1.165, 1.54) is 16.7 Å². The third-order valence-corrected chi connectivity index (χ3v) is 6.23. The molecule has 31 heavy (non-hydrogen) atoms. The molecule has 6 nitrogen and oxygen atoms in total. The lowest BCUT2D eigenvalue weighted by Gasteiger charge is -2.17. The molecule has 2 amide bonds. The first-order chi connectivity index (χ1) is 15.2. The van der Waals surface area contributed by atoms with Crippen LogP contribution in [-0.2, 0) is 16.0 Å². The third-order valence-electron chi connectivity index (χ3n) is 6.23. The first kappa shape index (κ1) is 18.0. The highest BCUT2D eigenvalue weighted by Crippen LogP contribution is 2.39. The summed E-state index contributed by atoms with van der Waals surface area (Å²) in [7, 11) is 0. The van der Waals surface area contributed by atoms with Gasteiger partial charge in [-0.25, -0.2) is 0 Å².